The first-order valence-electron chi connectivity index (χ1n) is 9.98. The Morgan fingerprint density at radius 2 is 1.97 bits per heavy atom. The molecule has 0 aliphatic heterocycles. The number of hydrogen-bond donors (Lipinski definition) is 2. The van der Waals surface area contributed by atoms with Gasteiger partial charge in [0.25, 0.3) is 0 Å². The zero-order valence-electron chi connectivity index (χ0n) is 16.9. The van der Waals surface area contributed by atoms with Gasteiger partial charge in [-0.05, 0) is 43.5 Å². The molecule has 30 heavy (non-hydrogen) atoms. The van der Waals surface area contributed by atoms with Crippen LogP contribution >= 0.6 is 23.4 Å². The number of imide groups is 1. The number of carbonyl (C=O) groups excluding carboxylic acids is 2. The van der Waals surface area contributed by atoms with E-state index in [1.807, 2.05) is 16.7 Å². The van der Waals surface area contributed by atoms with E-state index < -0.39 is 6.03 Å². The van der Waals surface area contributed by atoms with Crippen molar-refractivity contribution in [3.63, 3.8) is 0 Å². The molecule has 1 aliphatic carbocycles. The fourth-order valence-corrected chi connectivity index (χ4v) is 4.25. The zero-order chi connectivity index (χ0) is 21.3. The molecule has 0 unspecified atom stereocenters. The van der Waals surface area contributed by atoms with Gasteiger partial charge in [-0.25, -0.2) is 4.79 Å². The van der Waals surface area contributed by atoms with E-state index in [2.05, 4.69) is 20.8 Å². The average molecular weight is 452 g/mol. The van der Waals surface area contributed by atoms with Crippen molar-refractivity contribution in [1.29, 1.82) is 0 Å². The van der Waals surface area contributed by atoms with Crippen molar-refractivity contribution in [3.05, 3.63) is 29.3 Å². The Morgan fingerprint density at radius 1 is 1.23 bits per heavy atom. The standard InChI is InChI=1S/C20H26ClN5O3S/c1-29-12-4-11-26-18(14-7-9-15(21)10-8-14)24-25-20(26)30-13-17(27)23-19(28)22-16-5-2-3-6-16/h7-10,16H,2-6,11-13H2,1H3,(H2,22,23,27,28). The minimum atomic E-state index is -0.434. The highest BCUT2D eigenvalue weighted by atomic mass is 35.5. The van der Waals surface area contributed by atoms with E-state index in [0.717, 1.165) is 37.7 Å². The summed E-state index contributed by atoms with van der Waals surface area (Å²) in [7, 11) is 1.66. The van der Waals surface area contributed by atoms with Gasteiger partial charge < -0.3 is 14.6 Å². The lowest BCUT2D eigenvalue weighted by molar-refractivity contribution is -0.117. The topological polar surface area (TPSA) is 98.1 Å². The number of carbonyl (C=O) groups is 2. The Balaban J connectivity index is 1.61. The first-order chi connectivity index (χ1) is 14.6. The Kier molecular flexibility index (Phi) is 8.53. The molecule has 0 bridgehead atoms. The molecule has 0 saturated heterocycles. The van der Waals surface area contributed by atoms with Crippen molar-refractivity contribution in [1.82, 2.24) is 25.4 Å². The largest absolute Gasteiger partial charge is 0.385 e. The Labute approximate surface area is 185 Å². The van der Waals surface area contributed by atoms with Gasteiger partial charge in [0.2, 0.25) is 5.91 Å². The summed E-state index contributed by atoms with van der Waals surface area (Å²) in [5, 5.41) is 15.0. The second-order valence-electron chi connectivity index (χ2n) is 7.10. The molecule has 1 fully saturated rings. The molecule has 2 aromatic rings. The summed E-state index contributed by atoms with van der Waals surface area (Å²) < 4.78 is 7.11. The number of amides is 3. The summed E-state index contributed by atoms with van der Waals surface area (Å²) in [6, 6.07) is 7.09. The summed E-state index contributed by atoms with van der Waals surface area (Å²) >= 11 is 7.23. The van der Waals surface area contributed by atoms with Crippen LogP contribution in [0.25, 0.3) is 11.4 Å². The van der Waals surface area contributed by atoms with Crippen molar-refractivity contribution in [2.45, 2.75) is 49.8 Å². The van der Waals surface area contributed by atoms with Crippen LogP contribution in [0.2, 0.25) is 5.02 Å². The maximum absolute atomic E-state index is 12.2. The number of ether oxygens (including phenoxy) is 1. The molecular weight excluding hydrogens is 426 g/mol. The van der Waals surface area contributed by atoms with Crippen molar-refractivity contribution < 1.29 is 14.3 Å². The lowest BCUT2D eigenvalue weighted by Crippen LogP contribution is -2.44. The van der Waals surface area contributed by atoms with Crippen LogP contribution in [0.15, 0.2) is 29.4 Å². The molecule has 1 heterocycles. The van der Waals surface area contributed by atoms with Gasteiger partial charge in [-0.15, -0.1) is 10.2 Å². The quantitative estimate of drug-likeness (QED) is 0.447. The van der Waals surface area contributed by atoms with E-state index >= 15 is 0 Å². The lowest BCUT2D eigenvalue weighted by atomic mass is 10.2. The molecular formula is C20H26ClN5O3S. The first-order valence-corrected chi connectivity index (χ1v) is 11.3. The molecule has 1 aliphatic rings. The van der Waals surface area contributed by atoms with E-state index in [1.165, 1.54) is 11.8 Å². The molecule has 3 amide bonds. The summed E-state index contributed by atoms with van der Waals surface area (Å²) in [5.74, 6) is 0.404. The minimum absolute atomic E-state index is 0.0706. The zero-order valence-corrected chi connectivity index (χ0v) is 18.5. The van der Waals surface area contributed by atoms with Crippen molar-refractivity contribution in [3.8, 4) is 11.4 Å². The third-order valence-electron chi connectivity index (χ3n) is 4.83. The van der Waals surface area contributed by atoms with Gasteiger partial charge in [0.15, 0.2) is 11.0 Å². The highest BCUT2D eigenvalue weighted by Gasteiger charge is 2.19. The molecule has 0 spiro atoms. The Bertz CT molecular complexity index is 853. The van der Waals surface area contributed by atoms with Crippen LogP contribution in [0.1, 0.15) is 32.1 Å². The SMILES string of the molecule is COCCCn1c(SCC(=O)NC(=O)NC2CCCC2)nnc1-c1ccc(Cl)cc1. The van der Waals surface area contributed by atoms with Crippen LogP contribution in [-0.4, -0.2) is 52.2 Å². The smallest absolute Gasteiger partial charge is 0.321 e. The molecule has 162 valence electrons. The second kappa shape index (κ2) is 11.3. The fourth-order valence-electron chi connectivity index (χ4n) is 3.36. The van der Waals surface area contributed by atoms with Gasteiger partial charge in [-0.2, -0.15) is 0 Å². The number of halogens is 1. The normalized spacial score (nSPS) is 14.1. The number of rotatable bonds is 9. The molecule has 0 radical (unpaired) electrons. The first kappa shape index (κ1) is 22.6. The van der Waals surface area contributed by atoms with E-state index in [0.29, 0.717) is 29.2 Å². The van der Waals surface area contributed by atoms with Gasteiger partial charge in [0, 0.05) is 36.9 Å². The van der Waals surface area contributed by atoms with Gasteiger partial charge in [-0.1, -0.05) is 36.2 Å². The number of nitrogens with one attached hydrogen (secondary N) is 2. The highest BCUT2D eigenvalue weighted by molar-refractivity contribution is 7.99. The van der Waals surface area contributed by atoms with Crippen LogP contribution in [0.4, 0.5) is 4.79 Å². The summed E-state index contributed by atoms with van der Waals surface area (Å²) in [5.41, 5.74) is 0.886. The van der Waals surface area contributed by atoms with Crippen molar-refractivity contribution in [2.75, 3.05) is 19.5 Å². The summed E-state index contributed by atoms with van der Waals surface area (Å²) in [6.45, 7) is 1.25. The fraction of sp³-hybridized carbons (Fsp3) is 0.500. The summed E-state index contributed by atoms with van der Waals surface area (Å²) in [6.07, 6.45) is 4.94. The molecule has 1 aromatic heterocycles. The molecule has 10 heteroatoms. The van der Waals surface area contributed by atoms with Crippen molar-refractivity contribution >= 4 is 35.3 Å². The number of urea groups is 1. The number of thioether (sulfide) groups is 1. The number of nitrogens with zero attached hydrogens (tertiary/aromatic N) is 3. The Hall–Kier alpha value is -2.10. The molecule has 3 rings (SSSR count). The molecule has 1 saturated carbocycles. The number of methoxy groups -OCH3 is 1. The molecule has 8 nitrogen and oxygen atoms in total. The molecule has 1 aromatic carbocycles. The van der Waals surface area contributed by atoms with Crippen molar-refractivity contribution in [2.24, 2.45) is 0 Å². The van der Waals surface area contributed by atoms with Crippen LogP contribution in [-0.2, 0) is 16.1 Å². The predicted molar refractivity (Wildman–Crippen MR) is 117 cm³/mol. The van der Waals surface area contributed by atoms with Crippen LogP contribution in [0, 0.1) is 0 Å². The number of benzene rings is 1. The molecule has 2 N–H and O–H groups in total. The number of hydrogen-bond acceptors (Lipinski definition) is 6. The maximum Gasteiger partial charge on any atom is 0.321 e. The van der Waals surface area contributed by atoms with E-state index in [-0.39, 0.29) is 17.7 Å². The van der Waals surface area contributed by atoms with E-state index in [1.54, 1.807) is 19.2 Å². The summed E-state index contributed by atoms with van der Waals surface area (Å²) in [4.78, 5) is 24.2. The van der Waals surface area contributed by atoms with E-state index in [9.17, 15) is 9.59 Å². The third-order valence-corrected chi connectivity index (χ3v) is 6.04. The van der Waals surface area contributed by atoms with Crippen LogP contribution < -0.4 is 10.6 Å². The Morgan fingerprint density at radius 3 is 2.67 bits per heavy atom. The van der Waals surface area contributed by atoms with Gasteiger partial charge in [-0.3, -0.25) is 10.1 Å². The lowest BCUT2D eigenvalue weighted by Gasteiger charge is -2.12. The maximum atomic E-state index is 12.2. The van der Waals surface area contributed by atoms with Crippen LogP contribution in [0.5, 0.6) is 0 Å². The number of aromatic nitrogens is 3. The van der Waals surface area contributed by atoms with Gasteiger partial charge in [0.1, 0.15) is 0 Å². The van der Waals surface area contributed by atoms with Gasteiger partial charge >= 0.3 is 6.03 Å². The molecule has 0 atom stereocenters. The van der Waals surface area contributed by atoms with Gasteiger partial charge in [0.05, 0.1) is 5.75 Å². The third kappa shape index (κ3) is 6.45. The highest BCUT2D eigenvalue weighted by Crippen LogP contribution is 2.25. The predicted octanol–water partition coefficient (Wildman–Crippen LogP) is 3.50. The minimum Gasteiger partial charge on any atom is -0.385 e. The van der Waals surface area contributed by atoms with Crippen LogP contribution in [0.3, 0.4) is 0 Å². The second-order valence-corrected chi connectivity index (χ2v) is 8.48. The monoisotopic (exact) mass is 451 g/mol. The average Bonchev–Trinajstić information content (AvgIpc) is 3.37. The van der Waals surface area contributed by atoms with E-state index in [4.69, 9.17) is 16.3 Å².